The number of methoxy groups -OCH3 is 1. The van der Waals surface area contributed by atoms with Gasteiger partial charge in [0, 0.05) is 23.5 Å². The Morgan fingerprint density at radius 2 is 1.88 bits per heavy atom. The van der Waals surface area contributed by atoms with Gasteiger partial charge in [-0.1, -0.05) is 29.8 Å². The second-order valence-corrected chi connectivity index (χ2v) is 5.81. The molecular formula is C19H17ClN4O2. The molecular weight excluding hydrogens is 352 g/mol. The molecule has 0 aliphatic carbocycles. The number of nitrogens with one attached hydrogen (secondary N) is 2. The van der Waals surface area contributed by atoms with E-state index in [1.807, 2.05) is 24.3 Å². The number of esters is 1. The van der Waals surface area contributed by atoms with E-state index >= 15 is 0 Å². The lowest BCUT2D eigenvalue weighted by molar-refractivity contribution is 0.0601. The second kappa shape index (κ2) is 8.31. The number of anilines is 3. The van der Waals surface area contributed by atoms with Gasteiger partial charge in [0.2, 0.25) is 5.95 Å². The molecule has 2 N–H and O–H groups in total. The van der Waals surface area contributed by atoms with E-state index in [4.69, 9.17) is 11.6 Å². The first-order chi connectivity index (χ1) is 12.7. The molecule has 0 aliphatic heterocycles. The SMILES string of the molecule is COC(=O)c1ccc(Nc2ccnc(NCc3ccccc3Cl)n2)cc1. The third kappa shape index (κ3) is 4.49. The van der Waals surface area contributed by atoms with Crippen LogP contribution >= 0.6 is 11.6 Å². The van der Waals surface area contributed by atoms with Crippen molar-refractivity contribution in [3.05, 3.63) is 76.9 Å². The van der Waals surface area contributed by atoms with Gasteiger partial charge in [-0.25, -0.2) is 9.78 Å². The minimum absolute atomic E-state index is 0.371. The first kappa shape index (κ1) is 17.7. The van der Waals surface area contributed by atoms with Gasteiger partial charge >= 0.3 is 5.97 Å². The molecule has 7 heteroatoms. The first-order valence-electron chi connectivity index (χ1n) is 7.91. The molecule has 6 nitrogen and oxygen atoms in total. The quantitative estimate of drug-likeness (QED) is 0.633. The number of benzene rings is 2. The highest BCUT2D eigenvalue weighted by Crippen LogP contribution is 2.18. The molecule has 0 bridgehead atoms. The van der Waals surface area contributed by atoms with Gasteiger partial charge in [-0.15, -0.1) is 0 Å². The molecule has 26 heavy (non-hydrogen) atoms. The lowest BCUT2D eigenvalue weighted by Gasteiger charge is -2.09. The van der Waals surface area contributed by atoms with E-state index < -0.39 is 0 Å². The van der Waals surface area contributed by atoms with Crippen molar-refractivity contribution in [3.63, 3.8) is 0 Å². The van der Waals surface area contributed by atoms with Crippen LogP contribution in [0.5, 0.6) is 0 Å². The zero-order chi connectivity index (χ0) is 18.4. The third-order valence-corrected chi connectivity index (χ3v) is 4.00. The number of hydrogen-bond donors (Lipinski definition) is 2. The van der Waals surface area contributed by atoms with Crippen molar-refractivity contribution in [3.8, 4) is 0 Å². The smallest absolute Gasteiger partial charge is 0.337 e. The van der Waals surface area contributed by atoms with Gasteiger partial charge in [-0.2, -0.15) is 4.98 Å². The van der Waals surface area contributed by atoms with E-state index in [0.717, 1.165) is 11.3 Å². The predicted molar refractivity (Wildman–Crippen MR) is 102 cm³/mol. The molecule has 132 valence electrons. The number of hydrogen-bond acceptors (Lipinski definition) is 6. The Morgan fingerprint density at radius 1 is 1.12 bits per heavy atom. The molecule has 1 heterocycles. The standard InChI is InChI=1S/C19H17ClN4O2/c1-26-18(25)13-6-8-15(9-7-13)23-17-10-11-21-19(24-17)22-12-14-4-2-3-5-16(14)20/h2-11H,12H2,1H3,(H2,21,22,23,24). The van der Waals surface area contributed by atoms with Crippen LogP contribution in [0.4, 0.5) is 17.5 Å². The van der Waals surface area contributed by atoms with Crippen LogP contribution in [0.3, 0.4) is 0 Å². The molecule has 3 rings (SSSR count). The Balaban J connectivity index is 1.65. The highest BCUT2D eigenvalue weighted by Gasteiger charge is 2.06. The van der Waals surface area contributed by atoms with E-state index in [1.165, 1.54) is 7.11 Å². The molecule has 0 fully saturated rings. The molecule has 3 aromatic rings. The van der Waals surface area contributed by atoms with Gasteiger partial charge in [0.25, 0.3) is 0 Å². The van der Waals surface area contributed by atoms with E-state index in [-0.39, 0.29) is 5.97 Å². The summed E-state index contributed by atoms with van der Waals surface area (Å²) in [5, 5.41) is 7.01. The summed E-state index contributed by atoms with van der Waals surface area (Å²) in [6, 6.07) is 16.3. The zero-order valence-corrected chi connectivity index (χ0v) is 14.8. The molecule has 0 radical (unpaired) electrons. The van der Waals surface area contributed by atoms with E-state index in [2.05, 4.69) is 25.3 Å². The maximum Gasteiger partial charge on any atom is 0.337 e. The number of rotatable bonds is 6. The Labute approximate surface area is 156 Å². The monoisotopic (exact) mass is 368 g/mol. The highest BCUT2D eigenvalue weighted by molar-refractivity contribution is 6.31. The number of ether oxygens (including phenoxy) is 1. The van der Waals surface area contributed by atoms with Crippen LogP contribution < -0.4 is 10.6 Å². The van der Waals surface area contributed by atoms with Crippen LogP contribution in [0.1, 0.15) is 15.9 Å². The van der Waals surface area contributed by atoms with Crippen LogP contribution in [-0.2, 0) is 11.3 Å². The van der Waals surface area contributed by atoms with Crippen LogP contribution in [0.15, 0.2) is 60.8 Å². The minimum Gasteiger partial charge on any atom is -0.465 e. The Morgan fingerprint density at radius 3 is 2.62 bits per heavy atom. The van der Waals surface area contributed by atoms with Crippen molar-refractivity contribution in [2.45, 2.75) is 6.54 Å². The second-order valence-electron chi connectivity index (χ2n) is 5.40. The average Bonchev–Trinajstić information content (AvgIpc) is 2.68. The van der Waals surface area contributed by atoms with Gasteiger partial charge in [0.1, 0.15) is 5.82 Å². The van der Waals surface area contributed by atoms with Crippen molar-refractivity contribution >= 4 is 35.0 Å². The lowest BCUT2D eigenvalue weighted by atomic mass is 10.2. The largest absolute Gasteiger partial charge is 0.465 e. The number of aromatic nitrogens is 2. The predicted octanol–water partition coefficient (Wildman–Crippen LogP) is 4.27. The van der Waals surface area contributed by atoms with Gasteiger partial charge < -0.3 is 15.4 Å². The van der Waals surface area contributed by atoms with Crippen molar-refractivity contribution in [1.82, 2.24) is 9.97 Å². The Bertz CT molecular complexity index is 900. The molecule has 0 atom stereocenters. The fourth-order valence-electron chi connectivity index (χ4n) is 2.28. The maximum atomic E-state index is 11.5. The summed E-state index contributed by atoms with van der Waals surface area (Å²) in [7, 11) is 1.35. The molecule has 0 saturated carbocycles. The average molecular weight is 369 g/mol. The lowest BCUT2D eigenvalue weighted by Crippen LogP contribution is -2.05. The fraction of sp³-hybridized carbons (Fsp3) is 0.105. The van der Waals surface area contributed by atoms with Crippen molar-refractivity contribution in [2.24, 2.45) is 0 Å². The molecule has 2 aromatic carbocycles. The van der Waals surface area contributed by atoms with E-state index in [0.29, 0.717) is 28.9 Å². The summed E-state index contributed by atoms with van der Waals surface area (Å²) in [4.78, 5) is 20.1. The molecule has 1 aromatic heterocycles. The molecule has 0 spiro atoms. The van der Waals surface area contributed by atoms with Gasteiger partial charge in [0.15, 0.2) is 0 Å². The van der Waals surface area contributed by atoms with Gasteiger partial charge in [-0.05, 0) is 42.0 Å². The number of halogens is 1. The van der Waals surface area contributed by atoms with E-state index in [1.54, 1.807) is 36.5 Å². The van der Waals surface area contributed by atoms with Crippen LogP contribution in [0.2, 0.25) is 5.02 Å². The summed E-state index contributed by atoms with van der Waals surface area (Å²) in [5.74, 6) is 0.748. The summed E-state index contributed by atoms with van der Waals surface area (Å²) < 4.78 is 4.68. The highest BCUT2D eigenvalue weighted by atomic mass is 35.5. The Hall–Kier alpha value is -3.12. The molecule has 0 saturated heterocycles. The summed E-state index contributed by atoms with van der Waals surface area (Å²) in [6.45, 7) is 0.525. The number of carbonyl (C=O) groups excluding carboxylic acids is 1. The topological polar surface area (TPSA) is 76.1 Å². The summed E-state index contributed by atoms with van der Waals surface area (Å²) in [5.41, 5.74) is 2.26. The number of carbonyl (C=O) groups is 1. The molecule has 0 amide bonds. The first-order valence-corrected chi connectivity index (χ1v) is 8.29. The van der Waals surface area contributed by atoms with E-state index in [9.17, 15) is 4.79 Å². The van der Waals surface area contributed by atoms with Crippen molar-refractivity contribution in [1.29, 1.82) is 0 Å². The molecule has 0 unspecified atom stereocenters. The minimum atomic E-state index is -0.371. The van der Waals surface area contributed by atoms with Crippen molar-refractivity contribution in [2.75, 3.05) is 17.7 Å². The number of nitrogens with zero attached hydrogens (tertiary/aromatic N) is 2. The van der Waals surface area contributed by atoms with Gasteiger partial charge in [-0.3, -0.25) is 0 Å². The third-order valence-electron chi connectivity index (χ3n) is 3.63. The maximum absolute atomic E-state index is 11.5. The van der Waals surface area contributed by atoms with Crippen LogP contribution in [0.25, 0.3) is 0 Å². The van der Waals surface area contributed by atoms with Crippen LogP contribution in [0, 0.1) is 0 Å². The van der Waals surface area contributed by atoms with Gasteiger partial charge in [0.05, 0.1) is 12.7 Å². The van der Waals surface area contributed by atoms with Crippen molar-refractivity contribution < 1.29 is 9.53 Å². The summed E-state index contributed by atoms with van der Waals surface area (Å²) >= 11 is 6.15. The summed E-state index contributed by atoms with van der Waals surface area (Å²) in [6.07, 6.45) is 1.66. The zero-order valence-electron chi connectivity index (χ0n) is 14.1. The normalized spacial score (nSPS) is 10.2. The fourth-order valence-corrected chi connectivity index (χ4v) is 2.49. The Kier molecular flexibility index (Phi) is 5.66. The molecule has 0 aliphatic rings. The van der Waals surface area contributed by atoms with Crippen LogP contribution in [-0.4, -0.2) is 23.0 Å².